The lowest BCUT2D eigenvalue weighted by atomic mass is 10.2. The fraction of sp³-hybridized carbons (Fsp3) is 0.300. The highest BCUT2D eigenvalue weighted by atomic mass is 35.5. The first-order valence-corrected chi connectivity index (χ1v) is 8.98. The van der Waals surface area contributed by atoms with Crippen molar-refractivity contribution < 1.29 is 9.59 Å². The summed E-state index contributed by atoms with van der Waals surface area (Å²) in [5.74, 6) is -0.159. The molecule has 5 nitrogen and oxygen atoms in total. The van der Waals surface area contributed by atoms with Crippen LogP contribution in [0.4, 0.5) is 11.4 Å². The van der Waals surface area contributed by atoms with Gasteiger partial charge in [0.2, 0.25) is 11.8 Å². The molecule has 2 aromatic carbocycles. The van der Waals surface area contributed by atoms with E-state index in [1.807, 2.05) is 30.0 Å². The molecule has 1 aliphatic rings. The molecule has 136 valence electrons. The average molecular weight is 372 g/mol. The number of benzene rings is 2. The predicted molar refractivity (Wildman–Crippen MR) is 105 cm³/mol. The summed E-state index contributed by atoms with van der Waals surface area (Å²) in [5.41, 5.74) is 2.85. The second-order valence-electron chi connectivity index (χ2n) is 6.51. The minimum Gasteiger partial charge on any atom is -0.325 e. The van der Waals surface area contributed by atoms with Gasteiger partial charge in [0, 0.05) is 22.9 Å². The number of para-hydroxylation sites is 1. The van der Waals surface area contributed by atoms with E-state index < -0.39 is 6.04 Å². The van der Waals surface area contributed by atoms with Crippen LogP contribution in [0.2, 0.25) is 5.02 Å². The van der Waals surface area contributed by atoms with Crippen LogP contribution < -0.4 is 10.2 Å². The molecule has 2 amide bonds. The molecule has 0 bridgehead atoms. The van der Waals surface area contributed by atoms with E-state index in [0.717, 1.165) is 12.1 Å². The lowest BCUT2D eigenvalue weighted by Gasteiger charge is -2.28. The Morgan fingerprint density at radius 2 is 1.88 bits per heavy atom. The zero-order valence-electron chi connectivity index (χ0n) is 14.9. The third kappa shape index (κ3) is 4.06. The molecule has 0 fully saturated rings. The van der Waals surface area contributed by atoms with Crippen LogP contribution in [0, 0.1) is 0 Å². The molecular formula is C20H22ClN3O2. The Bertz CT molecular complexity index is 807. The number of hydrogen-bond donors (Lipinski definition) is 1. The van der Waals surface area contributed by atoms with Crippen molar-refractivity contribution in [2.75, 3.05) is 30.4 Å². The molecule has 0 saturated heterocycles. The molecule has 1 atom stereocenters. The van der Waals surface area contributed by atoms with Crippen LogP contribution in [0.1, 0.15) is 12.5 Å². The van der Waals surface area contributed by atoms with Crippen LogP contribution in [-0.4, -0.2) is 42.9 Å². The van der Waals surface area contributed by atoms with Crippen LogP contribution in [0.3, 0.4) is 0 Å². The lowest BCUT2D eigenvalue weighted by Crippen LogP contribution is -2.47. The molecule has 2 aromatic rings. The number of nitrogens with zero attached hydrogens (tertiary/aromatic N) is 2. The molecule has 0 aliphatic carbocycles. The second-order valence-corrected chi connectivity index (χ2v) is 6.95. The van der Waals surface area contributed by atoms with E-state index in [4.69, 9.17) is 11.6 Å². The number of halogens is 1. The molecule has 0 unspecified atom stereocenters. The van der Waals surface area contributed by atoms with Gasteiger partial charge in [0.1, 0.15) is 0 Å². The number of rotatable bonds is 5. The van der Waals surface area contributed by atoms with Gasteiger partial charge in [-0.2, -0.15) is 0 Å². The van der Waals surface area contributed by atoms with E-state index in [1.54, 1.807) is 36.2 Å². The fourth-order valence-corrected chi connectivity index (χ4v) is 3.20. The van der Waals surface area contributed by atoms with E-state index in [1.165, 1.54) is 5.56 Å². The number of amides is 2. The van der Waals surface area contributed by atoms with E-state index in [0.29, 0.717) is 17.3 Å². The van der Waals surface area contributed by atoms with Gasteiger partial charge in [-0.25, -0.2) is 0 Å². The molecule has 1 N–H and O–H groups in total. The van der Waals surface area contributed by atoms with Gasteiger partial charge >= 0.3 is 0 Å². The van der Waals surface area contributed by atoms with E-state index in [9.17, 15) is 9.59 Å². The molecule has 0 aromatic heterocycles. The largest absolute Gasteiger partial charge is 0.325 e. The molecule has 1 heterocycles. The molecule has 0 spiro atoms. The lowest BCUT2D eigenvalue weighted by molar-refractivity contribution is -0.124. The van der Waals surface area contributed by atoms with Gasteiger partial charge in [0.15, 0.2) is 0 Å². The number of nitrogens with one attached hydrogen (secondary N) is 1. The van der Waals surface area contributed by atoms with Crippen molar-refractivity contribution in [3.05, 3.63) is 59.1 Å². The number of hydrogen-bond acceptors (Lipinski definition) is 3. The summed E-state index contributed by atoms with van der Waals surface area (Å²) in [6.45, 7) is 2.65. The summed E-state index contributed by atoms with van der Waals surface area (Å²) in [5, 5.41) is 3.43. The summed E-state index contributed by atoms with van der Waals surface area (Å²) in [7, 11) is 1.78. The van der Waals surface area contributed by atoms with Gasteiger partial charge in [0.05, 0.1) is 12.6 Å². The van der Waals surface area contributed by atoms with Crippen molar-refractivity contribution in [3.63, 3.8) is 0 Å². The molecule has 26 heavy (non-hydrogen) atoms. The summed E-state index contributed by atoms with van der Waals surface area (Å²) in [6, 6.07) is 14.5. The molecule has 0 radical (unpaired) electrons. The highest BCUT2D eigenvalue weighted by Gasteiger charge is 2.30. The minimum absolute atomic E-state index is 0.0109. The molecule has 0 saturated carbocycles. The molecule has 6 heteroatoms. The van der Waals surface area contributed by atoms with Crippen molar-refractivity contribution in [3.8, 4) is 0 Å². The summed E-state index contributed by atoms with van der Waals surface area (Å²) in [6.07, 6.45) is 0.870. The quantitative estimate of drug-likeness (QED) is 0.878. The smallest absolute Gasteiger partial charge is 0.244 e. The second kappa shape index (κ2) is 7.89. The predicted octanol–water partition coefficient (Wildman–Crippen LogP) is 3.19. The Hall–Kier alpha value is -2.37. The summed E-state index contributed by atoms with van der Waals surface area (Å²) < 4.78 is 0. The first-order chi connectivity index (χ1) is 12.5. The maximum absolute atomic E-state index is 12.9. The van der Waals surface area contributed by atoms with Gasteiger partial charge in [-0.15, -0.1) is 0 Å². The topological polar surface area (TPSA) is 52.7 Å². The summed E-state index contributed by atoms with van der Waals surface area (Å²) in [4.78, 5) is 28.7. The molecule has 3 rings (SSSR count). The Kier molecular flexibility index (Phi) is 5.59. The highest BCUT2D eigenvalue weighted by molar-refractivity contribution is 6.30. The Labute approximate surface area is 158 Å². The Balaban J connectivity index is 1.59. The monoisotopic (exact) mass is 371 g/mol. The average Bonchev–Trinajstić information content (AvgIpc) is 3.06. The van der Waals surface area contributed by atoms with Crippen molar-refractivity contribution in [2.45, 2.75) is 19.4 Å². The Morgan fingerprint density at radius 3 is 2.62 bits per heavy atom. The fourth-order valence-electron chi connectivity index (χ4n) is 3.08. The van der Waals surface area contributed by atoms with Crippen LogP contribution in [0.5, 0.6) is 0 Å². The summed E-state index contributed by atoms with van der Waals surface area (Å²) >= 11 is 5.84. The molecular weight excluding hydrogens is 350 g/mol. The van der Waals surface area contributed by atoms with Crippen molar-refractivity contribution in [2.24, 2.45) is 0 Å². The Morgan fingerprint density at radius 1 is 1.19 bits per heavy atom. The van der Waals surface area contributed by atoms with Gasteiger partial charge in [-0.3, -0.25) is 14.5 Å². The third-order valence-corrected chi connectivity index (χ3v) is 4.94. The first kappa shape index (κ1) is 18.4. The maximum Gasteiger partial charge on any atom is 0.244 e. The number of likely N-dealkylation sites (N-methyl/N-ethyl adjacent to an activating group) is 1. The van der Waals surface area contributed by atoms with Crippen molar-refractivity contribution in [1.29, 1.82) is 0 Å². The number of fused-ring (bicyclic) bond motifs is 1. The van der Waals surface area contributed by atoms with Crippen LogP contribution in [-0.2, 0) is 16.0 Å². The maximum atomic E-state index is 12.9. The standard InChI is InChI=1S/C20H22ClN3O2/c1-14(20(26)24-12-11-15-5-3-4-6-18(15)24)23(2)13-19(25)22-17-9-7-16(21)8-10-17/h3-10,14H,11-13H2,1-2H3,(H,22,25)/t14-/m0/s1. The number of carbonyl (C=O) groups excluding carboxylic acids is 2. The van der Waals surface area contributed by atoms with Gasteiger partial charge in [-0.05, 0) is 56.3 Å². The molecule has 1 aliphatic heterocycles. The highest BCUT2D eigenvalue weighted by Crippen LogP contribution is 2.28. The number of anilines is 2. The van der Waals surface area contributed by atoms with E-state index in [2.05, 4.69) is 11.4 Å². The van der Waals surface area contributed by atoms with Crippen molar-refractivity contribution >= 4 is 34.8 Å². The van der Waals surface area contributed by atoms with Gasteiger partial charge in [-0.1, -0.05) is 29.8 Å². The van der Waals surface area contributed by atoms with E-state index >= 15 is 0 Å². The SMILES string of the molecule is C[C@@H](C(=O)N1CCc2ccccc21)N(C)CC(=O)Nc1ccc(Cl)cc1. The van der Waals surface area contributed by atoms with Crippen LogP contribution in [0.25, 0.3) is 0 Å². The van der Waals surface area contributed by atoms with Gasteiger partial charge < -0.3 is 10.2 Å². The van der Waals surface area contributed by atoms with Crippen LogP contribution in [0.15, 0.2) is 48.5 Å². The van der Waals surface area contributed by atoms with Crippen LogP contribution >= 0.6 is 11.6 Å². The number of carbonyl (C=O) groups is 2. The minimum atomic E-state index is -0.392. The zero-order chi connectivity index (χ0) is 18.7. The van der Waals surface area contributed by atoms with Gasteiger partial charge in [0.25, 0.3) is 0 Å². The zero-order valence-corrected chi connectivity index (χ0v) is 15.7. The van der Waals surface area contributed by atoms with E-state index in [-0.39, 0.29) is 18.4 Å². The normalized spacial score (nSPS) is 14.2. The van der Waals surface area contributed by atoms with Crippen molar-refractivity contribution in [1.82, 2.24) is 4.90 Å². The first-order valence-electron chi connectivity index (χ1n) is 8.60. The third-order valence-electron chi connectivity index (χ3n) is 4.69.